The van der Waals surface area contributed by atoms with Crippen molar-refractivity contribution in [3.05, 3.63) is 35.4 Å². The second-order valence-electron chi connectivity index (χ2n) is 4.83. The number of rotatable bonds is 7. The molecule has 0 aliphatic carbocycles. The molecule has 114 valence electrons. The van der Waals surface area contributed by atoms with Gasteiger partial charge in [0.05, 0.1) is 17.3 Å². The molecule has 5 nitrogen and oxygen atoms in total. The standard InChI is InChI=1S/C15H20ClN3O2/c1-4-5-19(6-7-21-3)13-9-12-10(8-11(13)16)14(17-2)15(20)18-12/h4,8-9,14,17H,1,5-7H2,2-3H3,(H,18,20). The molecule has 1 atom stereocenters. The van der Waals surface area contributed by atoms with Crippen molar-refractivity contribution in [2.24, 2.45) is 0 Å². The molecule has 0 aromatic heterocycles. The Bertz CT molecular complexity index is 548. The fraction of sp³-hybridized carbons (Fsp3) is 0.400. The summed E-state index contributed by atoms with van der Waals surface area (Å²) in [5.74, 6) is -0.0621. The van der Waals surface area contributed by atoms with E-state index in [-0.39, 0.29) is 11.9 Å². The number of carbonyl (C=O) groups excluding carboxylic acids is 1. The van der Waals surface area contributed by atoms with E-state index in [0.717, 1.165) is 16.9 Å². The molecule has 1 heterocycles. The van der Waals surface area contributed by atoms with Crippen LogP contribution >= 0.6 is 11.6 Å². The lowest BCUT2D eigenvalue weighted by atomic mass is 10.1. The minimum atomic E-state index is -0.349. The molecule has 1 unspecified atom stereocenters. The lowest BCUT2D eigenvalue weighted by Crippen LogP contribution is -2.27. The average Bonchev–Trinajstić information content (AvgIpc) is 2.77. The Morgan fingerprint density at radius 3 is 2.95 bits per heavy atom. The molecule has 0 fully saturated rings. The number of ether oxygens (including phenoxy) is 1. The molecule has 0 saturated carbocycles. The summed E-state index contributed by atoms with van der Waals surface area (Å²) in [6.07, 6.45) is 1.81. The van der Waals surface area contributed by atoms with Gasteiger partial charge in [0, 0.05) is 31.5 Å². The van der Waals surface area contributed by atoms with Gasteiger partial charge in [0.15, 0.2) is 0 Å². The highest BCUT2D eigenvalue weighted by atomic mass is 35.5. The molecule has 6 heteroatoms. The summed E-state index contributed by atoms with van der Waals surface area (Å²) < 4.78 is 5.13. The number of benzene rings is 1. The van der Waals surface area contributed by atoms with Crippen LogP contribution in [0.3, 0.4) is 0 Å². The van der Waals surface area contributed by atoms with Crippen LogP contribution in [-0.2, 0) is 9.53 Å². The van der Waals surface area contributed by atoms with E-state index < -0.39 is 0 Å². The van der Waals surface area contributed by atoms with Crippen molar-refractivity contribution in [1.29, 1.82) is 0 Å². The number of anilines is 2. The van der Waals surface area contributed by atoms with Crippen molar-refractivity contribution in [2.75, 3.05) is 44.1 Å². The number of halogens is 1. The van der Waals surface area contributed by atoms with E-state index in [9.17, 15) is 4.79 Å². The van der Waals surface area contributed by atoms with Gasteiger partial charge in [0.2, 0.25) is 5.91 Å². The van der Waals surface area contributed by atoms with Crippen LogP contribution in [0.2, 0.25) is 5.02 Å². The van der Waals surface area contributed by atoms with Gasteiger partial charge in [-0.25, -0.2) is 0 Å². The largest absolute Gasteiger partial charge is 0.383 e. The number of methoxy groups -OCH3 is 1. The SMILES string of the molecule is C=CCN(CCOC)c1cc2c(cc1Cl)C(NC)C(=O)N2. The van der Waals surface area contributed by atoms with E-state index in [0.29, 0.717) is 24.7 Å². The van der Waals surface area contributed by atoms with E-state index in [1.807, 2.05) is 18.2 Å². The molecule has 1 amide bonds. The number of likely N-dealkylation sites (N-methyl/N-ethyl adjacent to an activating group) is 1. The summed E-state index contributed by atoms with van der Waals surface area (Å²) in [6, 6.07) is 3.40. The highest BCUT2D eigenvalue weighted by Gasteiger charge is 2.30. The van der Waals surface area contributed by atoms with Gasteiger partial charge in [-0.15, -0.1) is 6.58 Å². The lowest BCUT2D eigenvalue weighted by Gasteiger charge is -2.25. The molecule has 1 aromatic carbocycles. The number of hydrogen-bond donors (Lipinski definition) is 2. The topological polar surface area (TPSA) is 53.6 Å². The van der Waals surface area contributed by atoms with Gasteiger partial charge in [-0.2, -0.15) is 0 Å². The fourth-order valence-electron chi connectivity index (χ4n) is 2.47. The molecule has 0 saturated heterocycles. The van der Waals surface area contributed by atoms with Crippen LogP contribution in [0.5, 0.6) is 0 Å². The first-order valence-electron chi connectivity index (χ1n) is 6.78. The Morgan fingerprint density at radius 1 is 1.57 bits per heavy atom. The predicted molar refractivity (Wildman–Crippen MR) is 86.2 cm³/mol. The van der Waals surface area contributed by atoms with Crippen LogP contribution in [-0.4, -0.2) is 39.8 Å². The first kappa shape index (κ1) is 15.8. The molecular weight excluding hydrogens is 290 g/mol. The third-order valence-electron chi connectivity index (χ3n) is 3.49. The molecule has 2 N–H and O–H groups in total. The minimum Gasteiger partial charge on any atom is -0.383 e. The first-order chi connectivity index (χ1) is 10.1. The van der Waals surface area contributed by atoms with Gasteiger partial charge in [-0.05, 0) is 19.2 Å². The molecule has 1 aromatic rings. The number of carbonyl (C=O) groups is 1. The summed E-state index contributed by atoms with van der Waals surface area (Å²) in [7, 11) is 3.41. The normalized spacial score (nSPS) is 16.5. The Kier molecular flexibility index (Phi) is 5.22. The van der Waals surface area contributed by atoms with Gasteiger partial charge >= 0.3 is 0 Å². The second-order valence-corrected chi connectivity index (χ2v) is 5.24. The van der Waals surface area contributed by atoms with Crippen molar-refractivity contribution in [2.45, 2.75) is 6.04 Å². The molecule has 0 bridgehead atoms. The maximum Gasteiger partial charge on any atom is 0.246 e. The maximum absolute atomic E-state index is 11.9. The monoisotopic (exact) mass is 309 g/mol. The molecule has 2 rings (SSSR count). The average molecular weight is 310 g/mol. The highest BCUT2D eigenvalue weighted by molar-refractivity contribution is 6.33. The molecule has 1 aliphatic rings. The number of fused-ring (bicyclic) bond motifs is 1. The van der Waals surface area contributed by atoms with E-state index in [1.165, 1.54) is 0 Å². The Balaban J connectivity index is 2.35. The van der Waals surface area contributed by atoms with Crippen LogP contribution < -0.4 is 15.5 Å². The second kappa shape index (κ2) is 6.93. The van der Waals surface area contributed by atoms with Gasteiger partial charge in [-0.3, -0.25) is 4.79 Å². The summed E-state index contributed by atoms with van der Waals surface area (Å²) in [4.78, 5) is 14.0. The van der Waals surface area contributed by atoms with Crippen molar-refractivity contribution >= 4 is 28.9 Å². The quantitative estimate of drug-likeness (QED) is 0.758. The molecule has 0 spiro atoms. The highest BCUT2D eigenvalue weighted by Crippen LogP contribution is 2.38. The van der Waals surface area contributed by atoms with Crippen LogP contribution in [0.15, 0.2) is 24.8 Å². The maximum atomic E-state index is 11.9. The Morgan fingerprint density at radius 2 is 2.33 bits per heavy atom. The summed E-state index contributed by atoms with van der Waals surface area (Å²) in [5, 5.41) is 6.47. The van der Waals surface area contributed by atoms with E-state index in [4.69, 9.17) is 16.3 Å². The van der Waals surface area contributed by atoms with Gasteiger partial charge in [0.1, 0.15) is 6.04 Å². The summed E-state index contributed by atoms with van der Waals surface area (Å²) in [6.45, 7) is 5.72. The Hall–Kier alpha value is -1.56. The number of nitrogens with one attached hydrogen (secondary N) is 2. The summed E-state index contributed by atoms with van der Waals surface area (Å²) in [5.41, 5.74) is 2.54. The zero-order valence-corrected chi connectivity index (χ0v) is 13.0. The number of amides is 1. The molecule has 0 radical (unpaired) electrons. The van der Waals surface area contributed by atoms with Crippen molar-refractivity contribution < 1.29 is 9.53 Å². The smallest absolute Gasteiger partial charge is 0.246 e. The van der Waals surface area contributed by atoms with Crippen LogP contribution in [0.1, 0.15) is 11.6 Å². The lowest BCUT2D eigenvalue weighted by molar-refractivity contribution is -0.117. The van der Waals surface area contributed by atoms with E-state index in [1.54, 1.807) is 14.2 Å². The van der Waals surface area contributed by atoms with Crippen LogP contribution in [0.25, 0.3) is 0 Å². The zero-order chi connectivity index (χ0) is 15.4. The van der Waals surface area contributed by atoms with Crippen LogP contribution in [0, 0.1) is 0 Å². The molecule has 21 heavy (non-hydrogen) atoms. The zero-order valence-electron chi connectivity index (χ0n) is 12.3. The minimum absolute atomic E-state index is 0.0621. The third-order valence-corrected chi connectivity index (χ3v) is 3.80. The third kappa shape index (κ3) is 3.20. The fourth-order valence-corrected chi connectivity index (χ4v) is 2.76. The van der Waals surface area contributed by atoms with Crippen LogP contribution in [0.4, 0.5) is 11.4 Å². The molecular formula is C15H20ClN3O2. The van der Waals surface area contributed by atoms with Crippen molar-refractivity contribution in [3.8, 4) is 0 Å². The summed E-state index contributed by atoms with van der Waals surface area (Å²) >= 11 is 6.40. The predicted octanol–water partition coefficient (Wildman–Crippen LogP) is 2.19. The molecule has 1 aliphatic heterocycles. The van der Waals surface area contributed by atoms with Crippen molar-refractivity contribution in [1.82, 2.24) is 5.32 Å². The number of nitrogens with zero attached hydrogens (tertiary/aromatic N) is 1. The van der Waals surface area contributed by atoms with Crippen molar-refractivity contribution in [3.63, 3.8) is 0 Å². The Labute approximate surface area is 129 Å². The van der Waals surface area contributed by atoms with Gasteiger partial charge in [-0.1, -0.05) is 17.7 Å². The number of hydrogen-bond acceptors (Lipinski definition) is 4. The van der Waals surface area contributed by atoms with Gasteiger partial charge in [0.25, 0.3) is 0 Å². The van der Waals surface area contributed by atoms with Gasteiger partial charge < -0.3 is 20.3 Å². The van der Waals surface area contributed by atoms with E-state index >= 15 is 0 Å². The van der Waals surface area contributed by atoms with E-state index in [2.05, 4.69) is 22.1 Å². The first-order valence-corrected chi connectivity index (χ1v) is 7.16.